The van der Waals surface area contributed by atoms with Crippen LogP contribution in [0.4, 0.5) is 0 Å². The molecule has 1 aliphatic heterocycles. The molecule has 1 aromatic carbocycles. The fourth-order valence-electron chi connectivity index (χ4n) is 2.87. The van der Waals surface area contributed by atoms with Gasteiger partial charge < -0.3 is 8.98 Å². The molecular formula is C16H18N6O. The minimum Gasteiger partial charge on any atom is -0.419 e. The van der Waals surface area contributed by atoms with Gasteiger partial charge in [0.2, 0.25) is 11.8 Å². The van der Waals surface area contributed by atoms with Crippen LogP contribution in [-0.2, 0) is 26.1 Å². The zero-order valence-electron chi connectivity index (χ0n) is 13.0. The van der Waals surface area contributed by atoms with Crippen LogP contribution < -0.4 is 0 Å². The monoisotopic (exact) mass is 310 g/mol. The maximum atomic E-state index is 5.78. The molecule has 0 spiro atoms. The highest BCUT2D eigenvalue weighted by Crippen LogP contribution is 2.19. The average Bonchev–Trinajstić information content (AvgIpc) is 3.22. The van der Waals surface area contributed by atoms with Gasteiger partial charge in [0.25, 0.3) is 0 Å². The zero-order valence-corrected chi connectivity index (χ0v) is 13.0. The zero-order chi connectivity index (χ0) is 15.6. The molecule has 0 aliphatic carbocycles. The predicted octanol–water partition coefficient (Wildman–Crippen LogP) is 1.91. The molecular weight excluding hydrogens is 292 g/mol. The lowest BCUT2D eigenvalue weighted by Gasteiger charge is -2.26. The second kappa shape index (κ2) is 5.92. The summed E-state index contributed by atoms with van der Waals surface area (Å²) in [6, 6.07) is 9.82. The van der Waals surface area contributed by atoms with Crippen LogP contribution in [0.2, 0.25) is 0 Å². The minimum absolute atomic E-state index is 0.564. The summed E-state index contributed by atoms with van der Waals surface area (Å²) in [5, 5.41) is 16.8. The van der Waals surface area contributed by atoms with Crippen LogP contribution in [0, 0.1) is 0 Å². The van der Waals surface area contributed by atoms with Gasteiger partial charge in [0.1, 0.15) is 11.6 Å². The maximum absolute atomic E-state index is 5.78. The summed E-state index contributed by atoms with van der Waals surface area (Å²) >= 11 is 0. The Balaban J connectivity index is 1.46. The number of aromatic nitrogens is 5. The summed E-state index contributed by atoms with van der Waals surface area (Å²) in [7, 11) is 0. The first kappa shape index (κ1) is 14.1. The van der Waals surface area contributed by atoms with E-state index in [1.54, 1.807) is 0 Å². The molecule has 2 aromatic heterocycles. The van der Waals surface area contributed by atoms with Crippen LogP contribution >= 0.6 is 0 Å². The van der Waals surface area contributed by atoms with Crippen LogP contribution in [0.15, 0.2) is 34.7 Å². The van der Waals surface area contributed by atoms with Crippen molar-refractivity contribution in [1.82, 2.24) is 29.9 Å². The van der Waals surface area contributed by atoms with Crippen LogP contribution in [-0.4, -0.2) is 36.4 Å². The molecule has 0 atom stereocenters. The average molecular weight is 310 g/mol. The topological polar surface area (TPSA) is 72.9 Å². The lowest BCUT2D eigenvalue weighted by Crippen LogP contribution is -2.34. The van der Waals surface area contributed by atoms with Crippen molar-refractivity contribution in [2.75, 3.05) is 6.54 Å². The van der Waals surface area contributed by atoms with Gasteiger partial charge in [-0.25, -0.2) is 0 Å². The van der Waals surface area contributed by atoms with Crippen molar-refractivity contribution in [2.45, 2.75) is 33.0 Å². The Morgan fingerprint density at radius 3 is 2.74 bits per heavy atom. The van der Waals surface area contributed by atoms with Crippen molar-refractivity contribution in [3.63, 3.8) is 0 Å². The van der Waals surface area contributed by atoms with E-state index in [9.17, 15) is 0 Å². The van der Waals surface area contributed by atoms with Gasteiger partial charge in [-0.1, -0.05) is 25.1 Å². The maximum Gasteiger partial charge on any atom is 0.247 e. The van der Waals surface area contributed by atoms with Crippen molar-refractivity contribution >= 4 is 0 Å². The summed E-state index contributed by atoms with van der Waals surface area (Å²) in [6.07, 6.45) is 0.914. The van der Waals surface area contributed by atoms with E-state index >= 15 is 0 Å². The number of hydrogen-bond donors (Lipinski definition) is 0. The first-order valence-corrected chi connectivity index (χ1v) is 7.84. The summed E-state index contributed by atoms with van der Waals surface area (Å²) in [4.78, 5) is 2.26. The Bertz CT molecular complexity index is 794. The third-order valence-electron chi connectivity index (χ3n) is 4.07. The Labute approximate surface area is 134 Å². The summed E-state index contributed by atoms with van der Waals surface area (Å²) in [6.45, 7) is 5.34. The SMILES string of the molecule is CCc1nnc2n1CCN(Cc1nnc(-c3ccccc3)o1)C2. The minimum atomic E-state index is 0.564. The first-order chi connectivity index (χ1) is 11.3. The van der Waals surface area contributed by atoms with Crippen LogP contribution in [0.5, 0.6) is 0 Å². The molecule has 3 aromatic rings. The second-order valence-corrected chi connectivity index (χ2v) is 5.62. The Morgan fingerprint density at radius 2 is 1.91 bits per heavy atom. The van der Waals surface area contributed by atoms with Crippen molar-refractivity contribution in [3.05, 3.63) is 47.9 Å². The third kappa shape index (κ3) is 2.75. The Kier molecular flexibility index (Phi) is 3.63. The number of rotatable bonds is 4. The van der Waals surface area contributed by atoms with E-state index in [2.05, 4.69) is 36.8 Å². The van der Waals surface area contributed by atoms with Gasteiger partial charge in [-0.05, 0) is 12.1 Å². The van der Waals surface area contributed by atoms with E-state index in [1.165, 1.54) is 0 Å². The smallest absolute Gasteiger partial charge is 0.247 e. The highest BCUT2D eigenvalue weighted by Gasteiger charge is 2.22. The van der Waals surface area contributed by atoms with Crippen LogP contribution in [0.3, 0.4) is 0 Å². The molecule has 7 nitrogen and oxygen atoms in total. The van der Waals surface area contributed by atoms with E-state index in [0.29, 0.717) is 18.3 Å². The number of fused-ring (bicyclic) bond motifs is 1. The number of nitrogens with zero attached hydrogens (tertiary/aromatic N) is 6. The van der Waals surface area contributed by atoms with Gasteiger partial charge in [-0.3, -0.25) is 4.90 Å². The van der Waals surface area contributed by atoms with Gasteiger partial charge in [-0.15, -0.1) is 20.4 Å². The molecule has 0 N–H and O–H groups in total. The van der Waals surface area contributed by atoms with Crippen molar-refractivity contribution in [1.29, 1.82) is 0 Å². The van der Waals surface area contributed by atoms with E-state index < -0.39 is 0 Å². The molecule has 1 aliphatic rings. The summed E-state index contributed by atoms with van der Waals surface area (Å²) < 4.78 is 7.99. The van der Waals surface area contributed by atoms with Gasteiger partial charge >= 0.3 is 0 Å². The molecule has 0 radical (unpaired) electrons. The Hall–Kier alpha value is -2.54. The molecule has 0 saturated carbocycles. The van der Waals surface area contributed by atoms with E-state index in [4.69, 9.17) is 4.42 Å². The van der Waals surface area contributed by atoms with E-state index in [0.717, 1.165) is 43.3 Å². The normalized spacial score (nSPS) is 14.8. The lowest BCUT2D eigenvalue weighted by atomic mass is 10.2. The highest BCUT2D eigenvalue weighted by molar-refractivity contribution is 5.51. The second-order valence-electron chi connectivity index (χ2n) is 5.62. The van der Waals surface area contributed by atoms with Gasteiger partial charge in [0, 0.05) is 25.1 Å². The number of hydrogen-bond acceptors (Lipinski definition) is 6. The summed E-state index contributed by atoms with van der Waals surface area (Å²) in [5.41, 5.74) is 0.942. The van der Waals surface area contributed by atoms with Crippen molar-refractivity contribution < 1.29 is 4.42 Å². The first-order valence-electron chi connectivity index (χ1n) is 7.84. The van der Waals surface area contributed by atoms with Gasteiger partial charge in [-0.2, -0.15) is 0 Å². The number of aryl methyl sites for hydroxylation is 1. The largest absolute Gasteiger partial charge is 0.419 e. The van der Waals surface area contributed by atoms with Crippen LogP contribution in [0.1, 0.15) is 24.5 Å². The quantitative estimate of drug-likeness (QED) is 0.733. The molecule has 23 heavy (non-hydrogen) atoms. The molecule has 0 amide bonds. The van der Waals surface area contributed by atoms with E-state index in [1.807, 2.05) is 30.3 Å². The standard InChI is InChI=1S/C16H18N6O/c1-2-13-17-18-14-10-21(8-9-22(13)14)11-15-19-20-16(23-15)12-6-4-3-5-7-12/h3-7H,2,8-11H2,1H3. The lowest BCUT2D eigenvalue weighted by molar-refractivity contribution is 0.189. The number of benzene rings is 1. The fourth-order valence-corrected chi connectivity index (χ4v) is 2.87. The van der Waals surface area contributed by atoms with Crippen molar-refractivity contribution in [3.8, 4) is 11.5 Å². The fraction of sp³-hybridized carbons (Fsp3) is 0.375. The molecule has 3 heterocycles. The van der Waals surface area contributed by atoms with Crippen LogP contribution in [0.25, 0.3) is 11.5 Å². The van der Waals surface area contributed by atoms with Gasteiger partial charge in [0.05, 0.1) is 13.1 Å². The molecule has 7 heteroatoms. The predicted molar refractivity (Wildman–Crippen MR) is 83.2 cm³/mol. The Morgan fingerprint density at radius 1 is 1.04 bits per heavy atom. The van der Waals surface area contributed by atoms with E-state index in [-0.39, 0.29) is 0 Å². The molecule has 0 unspecified atom stereocenters. The van der Waals surface area contributed by atoms with Crippen molar-refractivity contribution in [2.24, 2.45) is 0 Å². The molecule has 0 fully saturated rings. The summed E-state index contributed by atoms with van der Waals surface area (Å²) in [5.74, 6) is 3.27. The molecule has 0 bridgehead atoms. The molecule has 4 rings (SSSR count). The van der Waals surface area contributed by atoms with Gasteiger partial charge in [0.15, 0.2) is 0 Å². The third-order valence-corrected chi connectivity index (χ3v) is 4.07. The molecule has 118 valence electrons. The highest BCUT2D eigenvalue weighted by atomic mass is 16.4. The molecule has 0 saturated heterocycles.